The third-order valence-corrected chi connectivity index (χ3v) is 14.5. The zero-order valence-electron chi connectivity index (χ0n) is 45.2. The van der Waals surface area contributed by atoms with Crippen LogP contribution in [-0.4, -0.2) is 133 Å². The van der Waals surface area contributed by atoms with Crippen molar-refractivity contribution >= 4 is 88.0 Å². The molecule has 2 fully saturated rings. The Hall–Kier alpha value is -5.44. The number of carbonyl (C=O) groups excluding carboxylic acids is 3. The molecule has 3 unspecified atom stereocenters. The van der Waals surface area contributed by atoms with Crippen molar-refractivity contribution in [1.82, 2.24) is 38.9 Å². The van der Waals surface area contributed by atoms with Crippen LogP contribution in [0.5, 0.6) is 0 Å². The van der Waals surface area contributed by atoms with Crippen molar-refractivity contribution in [2.45, 2.75) is 95.7 Å². The molecule has 6 aromatic rings. The third kappa shape index (κ3) is 13.4. The van der Waals surface area contributed by atoms with Gasteiger partial charge in [-0.05, 0) is 156 Å². The number of nitrogens with zero attached hydrogens (tertiary/aromatic N) is 8. The van der Waals surface area contributed by atoms with Crippen LogP contribution in [0.25, 0.3) is 23.3 Å². The van der Waals surface area contributed by atoms with Gasteiger partial charge >= 0.3 is 35.2 Å². The summed E-state index contributed by atoms with van der Waals surface area (Å²) in [7, 11) is 3.71. The smallest absolute Gasteiger partial charge is 1.00 e. The number of fused-ring (bicyclic) bond motifs is 4. The summed E-state index contributed by atoms with van der Waals surface area (Å²) >= 11 is 12.7. The molecule has 2 saturated heterocycles. The zero-order valence-corrected chi connectivity index (χ0v) is 49.7. The summed E-state index contributed by atoms with van der Waals surface area (Å²) in [6, 6.07) is 17.9. The van der Waals surface area contributed by atoms with E-state index in [-0.39, 0.29) is 64.1 Å². The summed E-state index contributed by atoms with van der Waals surface area (Å²) < 4.78 is 14.6. The molecule has 4 aromatic heterocycles. The molecule has 4 aliphatic rings. The maximum Gasteiger partial charge on any atom is 2.00 e. The van der Waals surface area contributed by atoms with E-state index in [1.807, 2.05) is 86.0 Å². The Kier molecular flexibility index (Phi) is 20.1. The van der Waals surface area contributed by atoms with Crippen LogP contribution in [0.4, 0.5) is 9.59 Å². The quantitative estimate of drug-likeness (QED) is 0.0971. The van der Waals surface area contributed by atoms with Gasteiger partial charge in [0.15, 0.2) is 6.29 Å². The Labute approximate surface area is 492 Å². The van der Waals surface area contributed by atoms with Gasteiger partial charge in [0.1, 0.15) is 28.5 Å². The van der Waals surface area contributed by atoms with Crippen molar-refractivity contribution in [2.24, 2.45) is 25.9 Å². The molecule has 2 aliphatic carbocycles. The fourth-order valence-corrected chi connectivity index (χ4v) is 10.8. The van der Waals surface area contributed by atoms with Gasteiger partial charge in [-0.3, -0.25) is 14.8 Å². The predicted octanol–water partition coefficient (Wildman–Crippen LogP) is 6.45. The summed E-state index contributed by atoms with van der Waals surface area (Å²) in [5.74, 6) is -0.453. The first-order valence-electron chi connectivity index (χ1n) is 25.3. The van der Waals surface area contributed by atoms with E-state index in [1.54, 1.807) is 98.9 Å². The van der Waals surface area contributed by atoms with Gasteiger partial charge in [-0.25, -0.2) is 14.6 Å². The van der Waals surface area contributed by atoms with Crippen LogP contribution in [0.2, 0.25) is 10.0 Å². The first-order valence-corrected chi connectivity index (χ1v) is 26.1. The van der Waals surface area contributed by atoms with Gasteiger partial charge in [0, 0.05) is 78.6 Å². The second-order valence-electron chi connectivity index (χ2n) is 21.6. The number of allylic oxidation sites excluding steroid dienone is 1. The molecule has 2 aliphatic heterocycles. The molecule has 3 N–H and O–H groups in total. The molecule has 0 saturated carbocycles. The number of hydrogen-bond donors (Lipinski definition) is 3. The molecule has 6 heterocycles. The zero-order chi connectivity index (χ0) is 54.7. The van der Waals surface area contributed by atoms with Gasteiger partial charge in [0.25, 0.3) is 0 Å². The SMILES string of the molecule is CC(C)(C)OC(=O)N1CCC(C2(O)c3ccc(Cl)cc3C(C=O)=Cc3cccnc32)CC1.Cn1[c-]cnc1.Cn1cncc1C(O)C1=Cc2cccnc2C(O)(C2CCN(C(=O)OC(C)(C)C)CC2)c2ccc(Cl)cc21.[Br-].[Mg+2]. The van der Waals surface area contributed by atoms with Crippen LogP contribution in [0.15, 0.2) is 98.1 Å². The minimum absolute atomic E-state index is 0. The average Bonchev–Trinajstić information content (AvgIpc) is 4.02. The molecular weight excluding hydrogens is 1110 g/mol. The second kappa shape index (κ2) is 25.3. The summed E-state index contributed by atoms with van der Waals surface area (Å²) in [6.07, 6.45) is 17.6. The molecule has 78 heavy (non-hydrogen) atoms. The molecule has 0 spiro atoms. The van der Waals surface area contributed by atoms with Gasteiger partial charge in [0.05, 0.1) is 29.6 Å². The number of piperidine rings is 2. The van der Waals surface area contributed by atoms with Crippen molar-refractivity contribution in [1.29, 1.82) is 0 Å². The minimum Gasteiger partial charge on any atom is -1.00 e. The van der Waals surface area contributed by atoms with E-state index in [9.17, 15) is 29.7 Å². The largest absolute Gasteiger partial charge is 2.00 e. The summed E-state index contributed by atoms with van der Waals surface area (Å²) in [4.78, 5) is 57.7. The van der Waals surface area contributed by atoms with Crippen LogP contribution >= 0.6 is 23.2 Å². The third-order valence-electron chi connectivity index (χ3n) is 14.0. The number of likely N-dealkylation sites (tertiary alicyclic amines) is 2. The number of aldehydes is 1. The van der Waals surface area contributed by atoms with E-state index in [0.717, 1.165) is 6.29 Å². The average molecular weight is 1180 g/mol. The standard InChI is InChI=1S/C29H33ClN4O4.C25H27ClN2O4.C4H5N2.BrH.Mg/c1-28(2,3)38-27(36)34-12-9-19(10-13-34)29(37)23-8-7-20(30)15-21(23)22(14-18-6-5-11-32-26(18)29)25(35)24-16-31-17-33(24)4;1-24(2,3)32-23(30)28-11-8-18(9-12-28)25(31)21-7-6-19(26)14-20(21)17(15-29)13-16-5-4-10-27-22(16)25;1-6-3-2-5-4-6;;/h5-8,11,14-17,19,25,35,37H,9-10,12-13H2,1-4H3;4-7,10,13-15,18,31H,8-9,11-12H2,1-3H3;2,4H,1H3;1H;/q;;-1;;+2/p-1. The number of aromatic nitrogens is 6. The van der Waals surface area contributed by atoms with Gasteiger partial charge in [0.2, 0.25) is 0 Å². The Bertz CT molecular complexity index is 3140. The Morgan fingerprint density at radius 1 is 0.731 bits per heavy atom. The van der Waals surface area contributed by atoms with Crippen LogP contribution in [0.3, 0.4) is 0 Å². The Morgan fingerprint density at radius 2 is 1.21 bits per heavy atom. The molecular formula is C58H65BrCl2MgN8O8. The summed E-state index contributed by atoms with van der Waals surface area (Å²) in [5.41, 5.74) is 2.54. The van der Waals surface area contributed by atoms with Crippen molar-refractivity contribution < 1.29 is 56.2 Å². The molecule has 16 nitrogen and oxygen atoms in total. The van der Waals surface area contributed by atoms with E-state index < -0.39 is 28.5 Å². The normalized spacial score (nSPS) is 19.4. The Morgan fingerprint density at radius 3 is 1.62 bits per heavy atom. The van der Waals surface area contributed by atoms with E-state index in [0.29, 0.717) is 124 Å². The van der Waals surface area contributed by atoms with Gasteiger partial charge in [-0.15, -0.1) is 0 Å². The number of benzene rings is 2. The number of rotatable bonds is 5. The first-order chi connectivity index (χ1) is 36.0. The number of carbonyl (C=O) groups is 3. The molecule has 20 heteroatoms. The predicted molar refractivity (Wildman–Crippen MR) is 296 cm³/mol. The van der Waals surface area contributed by atoms with Gasteiger partial charge < -0.3 is 65.7 Å². The van der Waals surface area contributed by atoms with Crippen molar-refractivity contribution in [3.8, 4) is 0 Å². The molecule has 408 valence electrons. The maximum absolute atomic E-state index is 12.7. The van der Waals surface area contributed by atoms with Gasteiger partial charge in [-0.2, -0.15) is 6.20 Å². The fourth-order valence-electron chi connectivity index (χ4n) is 10.5. The number of hydrogen-bond acceptors (Lipinski definition) is 12. The van der Waals surface area contributed by atoms with Crippen molar-refractivity contribution in [3.05, 3.63) is 165 Å². The topological polar surface area (TPSA) is 198 Å². The van der Waals surface area contributed by atoms with Crippen molar-refractivity contribution in [2.75, 3.05) is 26.2 Å². The number of aliphatic hydroxyl groups excluding tert-OH is 1. The molecule has 3 atom stereocenters. The number of halogens is 3. The van der Waals surface area contributed by atoms with Gasteiger partial charge in [-0.1, -0.05) is 60.0 Å². The molecule has 0 bridgehead atoms. The summed E-state index contributed by atoms with van der Waals surface area (Å²) in [6.45, 7) is 12.9. The van der Waals surface area contributed by atoms with E-state index in [1.165, 1.54) is 0 Å². The molecule has 10 rings (SSSR count). The molecule has 2 aromatic carbocycles. The minimum atomic E-state index is -1.47. The monoisotopic (exact) mass is 1170 g/mol. The number of imidazole rings is 2. The number of ether oxygens (including phenoxy) is 2. The maximum atomic E-state index is 12.7. The Balaban J connectivity index is 0.000000225. The summed E-state index contributed by atoms with van der Waals surface area (Å²) in [5, 5.41) is 37.5. The number of aryl methyl sites for hydroxylation is 2. The first kappa shape index (κ1) is 61.8. The van der Waals surface area contributed by atoms with E-state index >= 15 is 0 Å². The van der Waals surface area contributed by atoms with Crippen LogP contribution < -0.4 is 17.0 Å². The molecule has 2 amide bonds. The van der Waals surface area contributed by atoms with E-state index in [2.05, 4.69) is 26.1 Å². The van der Waals surface area contributed by atoms with Crippen LogP contribution in [-0.2, 0) is 39.6 Å². The van der Waals surface area contributed by atoms with Crippen LogP contribution in [0.1, 0.15) is 124 Å². The van der Waals surface area contributed by atoms with Crippen molar-refractivity contribution in [3.63, 3.8) is 0 Å². The second-order valence-corrected chi connectivity index (χ2v) is 22.4. The number of aliphatic hydroxyl groups is 3. The fraction of sp³-hybridized carbons (Fsp3) is 0.397. The molecule has 0 radical (unpaired) electrons. The number of pyridine rings is 2. The van der Waals surface area contributed by atoms with E-state index in [4.69, 9.17) is 32.7 Å². The van der Waals surface area contributed by atoms with Crippen LogP contribution in [0, 0.1) is 18.0 Å². The number of amides is 2.